The number of aryl methyl sites for hydroxylation is 2. The second-order valence-electron chi connectivity index (χ2n) is 4.48. The minimum absolute atomic E-state index is 0.627. The van der Waals surface area contributed by atoms with Gasteiger partial charge in [0.2, 0.25) is 5.95 Å². The van der Waals surface area contributed by atoms with E-state index in [0.717, 1.165) is 56.8 Å². The van der Waals surface area contributed by atoms with Gasteiger partial charge in [0, 0.05) is 19.8 Å². The van der Waals surface area contributed by atoms with Crippen molar-refractivity contribution in [3.8, 4) is 0 Å². The number of hydrogen-bond donors (Lipinski definition) is 1. The molecule has 108 valence electrons. The van der Waals surface area contributed by atoms with Gasteiger partial charge < -0.3 is 10.1 Å². The zero-order valence-electron chi connectivity index (χ0n) is 12.4. The first kappa shape index (κ1) is 15.8. The van der Waals surface area contributed by atoms with Crippen LogP contribution in [-0.4, -0.2) is 34.9 Å². The molecule has 1 aromatic heterocycles. The Bertz CT molecular complexity index is 357. The summed E-state index contributed by atoms with van der Waals surface area (Å²) in [4.78, 5) is 4.48. The zero-order valence-corrected chi connectivity index (χ0v) is 12.4. The van der Waals surface area contributed by atoms with Crippen LogP contribution in [0.1, 0.15) is 51.4 Å². The zero-order chi connectivity index (χ0) is 13.9. The Morgan fingerprint density at radius 2 is 1.68 bits per heavy atom. The third kappa shape index (κ3) is 5.96. The molecule has 0 saturated carbocycles. The summed E-state index contributed by atoms with van der Waals surface area (Å²) >= 11 is 0. The second kappa shape index (κ2) is 9.67. The van der Waals surface area contributed by atoms with Gasteiger partial charge in [-0.3, -0.25) is 0 Å². The second-order valence-corrected chi connectivity index (χ2v) is 4.48. The number of unbranched alkanes of at least 4 members (excludes halogenated alkanes) is 1. The van der Waals surface area contributed by atoms with Gasteiger partial charge in [0.15, 0.2) is 0 Å². The Balaban J connectivity index is 2.26. The molecule has 0 atom stereocenters. The largest absolute Gasteiger partial charge is 0.381 e. The van der Waals surface area contributed by atoms with Gasteiger partial charge in [-0.1, -0.05) is 27.2 Å². The number of anilines is 1. The van der Waals surface area contributed by atoms with Gasteiger partial charge in [0.25, 0.3) is 0 Å². The van der Waals surface area contributed by atoms with Crippen molar-refractivity contribution in [3.63, 3.8) is 0 Å². The number of nitrogens with zero attached hydrogens (tertiary/aromatic N) is 3. The van der Waals surface area contributed by atoms with Crippen LogP contribution in [0.4, 0.5) is 5.95 Å². The molecule has 0 radical (unpaired) electrons. The van der Waals surface area contributed by atoms with Gasteiger partial charge in [0.1, 0.15) is 0 Å². The van der Waals surface area contributed by atoms with Crippen molar-refractivity contribution in [1.82, 2.24) is 15.2 Å². The van der Waals surface area contributed by atoms with Crippen molar-refractivity contribution >= 4 is 5.95 Å². The highest BCUT2D eigenvalue weighted by Crippen LogP contribution is 2.06. The highest BCUT2D eigenvalue weighted by atomic mass is 16.5. The maximum atomic E-state index is 5.50. The van der Waals surface area contributed by atoms with Crippen LogP contribution in [0.3, 0.4) is 0 Å². The molecular weight excluding hydrogens is 240 g/mol. The van der Waals surface area contributed by atoms with Gasteiger partial charge in [-0.15, -0.1) is 5.10 Å². The third-order valence-electron chi connectivity index (χ3n) is 2.90. The van der Waals surface area contributed by atoms with Crippen LogP contribution in [0.5, 0.6) is 0 Å². The molecule has 0 bridgehead atoms. The third-order valence-corrected chi connectivity index (χ3v) is 2.90. The predicted octanol–water partition coefficient (Wildman–Crippen LogP) is 2.62. The molecule has 19 heavy (non-hydrogen) atoms. The summed E-state index contributed by atoms with van der Waals surface area (Å²) in [5.74, 6) is 0.627. The van der Waals surface area contributed by atoms with Crippen LogP contribution in [-0.2, 0) is 17.6 Å². The van der Waals surface area contributed by atoms with Crippen LogP contribution in [0.2, 0.25) is 0 Å². The van der Waals surface area contributed by atoms with Crippen molar-refractivity contribution in [1.29, 1.82) is 0 Å². The van der Waals surface area contributed by atoms with Gasteiger partial charge in [-0.25, -0.2) is 4.98 Å². The van der Waals surface area contributed by atoms with Crippen LogP contribution in [0.25, 0.3) is 0 Å². The standard InChI is InChI=1S/C14H26N4O/c1-4-7-10-19-11-8-9-15-14-16-12(5-2)13(6-3)17-18-14/h4-11H2,1-3H3,(H,15,16,18). The van der Waals surface area contributed by atoms with Crippen LogP contribution >= 0.6 is 0 Å². The molecule has 0 aromatic carbocycles. The van der Waals surface area contributed by atoms with Gasteiger partial charge in [-0.2, -0.15) is 5.10 Å². The molecule has 0 unspecified atom stereocenters. The van der Waals surface area contributed by atoms with Crippen molar-refractivity contribution in [2.45, 2.75) is 52.9 Å². The molecule has 0 spiro atoms. The summed E-state index contributed by atoms with van der Waals surface area (Å²) in [5, 5.41) is 11.5. The van der Waals surface area contributed by atoms with Gasteiger partial charge >= 0.3 is 0 Å². The van der Waals surface area contributed by atoms with Crippen molar-refractivity contribution in [2.75, 3.05) is 25.1 Å². The number of aromatic nitrogens is 3. The molecule has 0 aliphatic carbocycles. The lowest BCUT2D eigenvalue weighted by atomic mass is 10.2. The number of ether oxygens (including phenoxy) is 1. The highest BCUT2D eigenvalue weighted by molar-refractivity contribution is 5.25. The first-order chi connectivity index (χ1) is 9.31. The van der Waals surface area contributed by atoms with E-state index >= 15 is 0 Å². The first-order valence-electron chi connectivity index (χ1n) is 7.35. The van der Waals surface area contributed by atoms with E-state index < -0.39 is 0 Å². The molecule has 5 nitrogen and oxygen atoms in total. The Hall–Kier alpha value is -1.23. The fraction of sp³-hybridized carbons (Fsp3) is 0.786. The molecule has 0 amide bonds. The maximum Gasteiger partial charge on any atom is 0.242 e. The average Bonchev–Trinajstić information content (AvgIpc) is 2.46. The lowest BCUT2D eigenvalue weighted by Gasteiger charge is -2.08. The van der Waals surface area contributed by atoms with Gasteiger partial charge in [0.05, 0.1) is 11.4 Å². The topological polar surface area (TPSA) is 59.9 Å². The highest BCUT2D eigenvalue weighted by Gasteiger charge is 2.05. The van der Waals surface area contributed by atoms with Crippen molar-refractivity contribution in [3.05, 3.63) is 11.4 Å². The monoisotopic (exact) mass is 266 g/mol. The number of nitrogens with one attached hydrogen (secondary N) is 1. The van der Waals surface area contributed by atoms with Crippen LogP contribution in [0.15, 0.2) is 0 Å². The van der Waals surface area contributed by atoms with E-state index in [0.29, 0.717) is 5.95 Å². The average molecular weight is 266 g/mol. The van der Waals surface area contributed by atoms with E-state index in [1.807, 2.05) is 0 Å². The fourth-order valence-corrected chi connectivity index (χ4v) is 1.74. The molecule has 1 heterocycles. The summed E-state index contributed by atoms with van der Waals surface area (Å²) in [5.41, 5.74) is 2.04. The molecule has 0 aliphatic rings. The van der Waals surface area contributed by atoms with Crippen LogP contribution in [0, 0.1) is 0 Å². The van der Waals surface area contributed by atoms with Crippen molar-refractivity contribution < 1.29 is 4.74 Å². The number of hydrogen-bond acceptors (Lipinski definition) is 5. The molecule has 0 aliphatic heterocycles. The summed E-state index contributed by atoms with van der Waals surface area (Å²) in [6.45, 7) is 8.80. The van der Waals surface area contributed by atoms with E-state index in [9.17, 15) is 0 Å². The summed E-state index contributed by atoms with van der Waals surface area (Å²) < 4.78 is 5.50. The summed E-state index contributed by atoms with van der Waals surface area (Å²) in [6.07, 6.45) is 5.06. The fourth-order valence-electron chi connectivity index (χ4n) is 1.74. The molecular formula is C14H26N4O. The molecule has 1 rings (SSSR count). The smallest absolute Gasteiger partial charge is 0.242 e. The van der Waals surface area contributed by atoms with Crippen LogP contribution < -0.4 is 5.32 Å². The first-order valence-corrected chi connectivity index (χ1v) is 7.35. The van der Waals surface area contributed by atoms with E-state index in [1.165, 1.54) is 6.42 Å². The minimum atomic E-state index is 0.627. The van der Waals surface area contributed by atoms with E-state index in [2.05, 4.69) is 41.3 Å². The maximum absolute atomic E-state index is 5.50. The van der Waals surface area contributed by atoms with E-state index in [1.54, 1.807) is 0 Å². The molecule has 0 saturated heterocycles. The molecule has 5 heteroatoms. The quantitative estimate of drug-likeness (QED) is 0.660. The SMILES string of the molecule is CCCCOCCCNc1nnc(CC)c(CC)n1. The molecule has 0 fully saturated rings. The van der Waals surface area contributed by atoms with Gasteiger partial charge in [-0.05, 0) is 25.7 Å². The lowest BCUT2D eigenvalue weighted by Crippen LogP contribution is -2.12. The summed E-state index contributed by atoms with van der Waals surface area (Å²) in [7, 11) is 0. The van der Waals surface area contributed by atoms with Crippen molar-refractivity contribution in [2.24, 2.45) is 0 Å². The van der Waals surface area contributed by atoms with E-state index in [4.69, 9.17) is 4.74 Å². The van der Waals surface area contributed by atoms with E-state index in [-0.39, 0.29) is 0 Å². The molecule has 1 N–H and O–H groups in total. The number of rotatable bonds is 10. The Kier molecular flexibility index (Phi) is 8.05. The summed E-state index contributed by atoms with van der Waals surface area (Å²) in [6, 6.07) is 0. The Morgan fingerprint density at radius 3 is 2.37 bits per heavy atom. The normalized spacial score (nSPS) is 10.7. The Labute approximate surface area is 116 Å². The Morgan fingerprint density at radius 1 is 0.947 bits per heavy atom. The predicted molar refractivity (Wildman–Crippen MR) is 77.4 cm³/mol. The molecule has 1 aromatic rings. The minimum Gasteiger partial charge on any atom is -0.381 e. The lowest BCUT2D eigenvalue weighted by molar-refractivity contribution is 0.131.